The lowest BCUT2D eigenvalue weighted by molar-refractivity contribution is -0.136. The molecule has 0 unspecified atom stereocenters. The van der Waals surface area contributed by atoms with Gasteiger partial charge in [0.15, 0.2) is 11.1 Å². The fourth-order valence-electron chi connectivity index (χ4n) is 4.66. The molecule has 5 nitrogen and oxygen atoms in total. The number of hydrogen-bond donors (Lipinski definition) is 1. The molecule has 3 aromatic rings. The molecule has 0 spiro atoms. The number of allylic oxidation sites excluding steroid dienone is 8. The van der Waals surface area contributed by atoms with Gasteiger partial charge in [0.2, 0.25) is 0 Å². The summed E-state index contributed by atoms with van der Waals surface area (Å²) < 4.78 is 45.0. The number of nitrogens with one attached hydrogen (secondary N) is 1. The van der Waals surface area contributed by atoms with E-state index in [0.717, 1.165) is 23.3 Å². The van der Waals surface area contributed by atoms with E-state index in [2.05, 4.69) is 25.1 Å². The minimum Gasteiger partial charge on any atom is -0.352 e. The van der Waals surface area contributed by atoms with Crippen LogP contribution in [0, 0.1) is 0 Å². The van der Waals surface area contributed by atoms with Crippen LogP contribution in [-0.4, -0.2) is 16.1 Å². The zero-order valence-electron chi connectivity index (χ0n) is 21.6. The van der Waals surface area contributed by atoms with Crippen LogP contribution in [0.5, 0.6) is 0 Å². The molecule has 0 bridgehead atoms. The first-order chi connectivity index (χ1) is 18.7. The van der Waals surface area contributed by atoms with E-state index in [0.29, 0.717) is 30.9 Å². The van der Waals surface area contributed by atoms with Crippen molar-refractivity contribution in [3.05, 3.63) is 131 Å². The molecule has 0 saturated carbocycles. The molecule has 1 aromatic carbocycles. The summed E-state index contributed by atoms with van der Waals surface area (Å²) in [6, 6.07) is 9.96. The monoisotopic (exact) mass is 530 g/mol. The van der Waals surface area contributed by atoms with Gasteiger partial charge in [-0.2, -0.15) is 13.2 Å². The maximum absolute atomic E-state index is 14.5. The first kappa shape index (κ1) is 27.4. The average Bonchev–Trinajstić information content (AvgIpc) is 2.91. The molecule has 1 aliphatic rings. The maximum atomic E-state index is 14.5. The molecule has 1 aliphatic heterocycles. The van der Waals surface area contributed by atoms with Crippen LogP contribution < -0.4 is 15.6 Å². The van der Waals surface area contributed by atoms with Gasteiger partial charge in [0, 0.05) is 30.5 Å². The highest BCUT2D eigenvalue weighted by Gasteiger charge is 2.36. The van der Waals surface area contributed by atoms with Gasteiger partial charge in [-0.3, -0.25) is 9.36 Å². The Hall–Kier alpha value is -4.59. The van der Waals surface area contributed by atoms with Crippen molar-refractivity contribution >= 4 is 28.4 Å². The van der Waals surface area contributed by atoms with E-state index in [4.69, 9.17) is 4.98 Å². The number of aromatic nitrogens is 2. The Morgan fingerprint density at radius 1 is 1.08 bits per heavy atom. The number of anilines is 2. The number of nitrogens with zero attached hydrogens (tertiary/aromatic N) is 3. The number of fused-ring (bicyclic) bond motifs is 2. The Bertz CT molecular complexity index is 1590. The predicted molar refractivity (Wildman–Crippen MR) is 154 cm³/mol. The van der Waals surface area contributed by atoms with Crippen LogP contribution in [0.1, 0.15) is 23.6 Å². The first-order valence-electron chi connectivity index (χ1n) is 12.4. The highest BCUT2D eigenvalue weighted by Crippen LogP contribution is 2.38. The quantitative estimate of drug-likeness (QED) is 0.312. The number of rotatable bonds is 8. The summed E-state index contributed by atoms with van der Waals surface area (Å²) in [6.07, 6.45) is 7.18. The summed E-state index contributed by atoms with van der Waals surface area (Å²) in [5, 5.41) is 2.58. The highest BCUT2D eigenvalue weighted by molar-refractivity contribution is 5.88. The third-order valence-electron chi connectivity index (χ3n) is 6.39. The van der Waals surface area contributed by atoms with Crippen molar-refractivity contribution in [2.45, 2.75) is 26.1 Å². The molecule has 3 heterocycles. The predicted octanol–water partition coefficient (Wildman–Crippen LogP) is 7.25. The third kappa shape index (κ3) is 5.65. The lowest BCUT2D eigenvalue weighted by atomic mass is 9.99. The summed E-state index contributed by atoms with van der Waals surface area (Å²) in [4.78, 5) is 19.8. The van der Waals surface area contributed by atoms with Crippen LogP contribution in [-0.2, 0) is 19.1 Å². The van der Waals surface area contributed by atoms with Crippen molar-refractivity contribution in [3.8, 4) is 0 Å². The molecule has 39 heavy (non-hydrogen) atoms. The summed E-state index contributed by atoms with van der Waals surface area (Å²) in [5.41, 5.74) is 1.18. The van der Waals surface area contributed by atoms with Crippen LogP contribution in [0.25, 0.3) is 16.7 Å². The fraction of sp³-hybridized carbons (Fsp3) is 0.161. The minimum atomic E-state index is -4.78. The SMILES string of the molecule is C=C/C=C(\C=C)Nc1cc(=O)c2c(C(F)(F)F)cc(N3CCc4ccccc4C3)nc2n1C(/C=C\C)=C/C=C. The van der Waals surface area contributed by atoms with Crippen LogP contribution in [0.2, 0.25) is 0 Å². The number of pyridine rings is 2. The van der Waals surface area contributed by atoms with Crippen molar-refractivity contribution < 1.29 is 13.2 Å². The van der Waals surface area contributed by atoms with Crippen molar-refractivity contribution in [2.24, 2.45) is 0 Å². The second kappa shape index (κ2) is 11.4. The van der Waals surface area contributed by atoms with E-state index < -0.39 is 22.6 Å². The molecule has 0 radical (unpaired) electrons. The van der Waals surface area contributed by atoms with E-state index in [9.17, 15) is 18.0 Å². The summed E-state index contributed by atoms with van der Waals surface area (Å²) >= 11 is 0. The zero-order chi connectivity index (χ0) is 28.2. The molecule has 0 amide bonds. The summed E-state index contributed by atoms with van der Waals surface area (Å²) in [6.45, 7) is 13.9. The molecule has 0 aliphatic carbocycles. The molecule has 4 rings (SSSR count). The number of halogens is 3. The Morgan fingerprint density at radius 2 is 1.79 bits per heavy atom. The van der Waals surface area contributed by atoms with Crippen molar-refractivity contribution in [3.63, 3.8) is 0 Å². The van der Waals surface area contributed by atoms with Crippen molar-refractivity contribution in [1.29, 1.82) is 0 Å². The Labute approximate surface area is 225 Å². The van der Waals surface area contributed by atoms with Gasteiger partial charge in [-0.15, -0.1) is 0 Å². The zero-order valence-corrected chi connectivity index (χ0v) is 21.6. The van der Waals surface area contributed by atoms with E-state index in [1.165, 1.54) is 22.8 Å². The smallest absolute Gasteiger partial charge is 0.352 e. The summed E-state index contributed by atoms with van der Waals surface area (Å²) in [5.74, 6) is 0.354. The van der Waals surface area contributed by atoms with Gasteiger partial charge in [0.05, 0.1) is 10.9 Å². The van der Waals surface area contributed by atoms with Gasteiger partial charge in [0.25, 0.3) is 0 Å². The van der Waals surface area contributed by atoms with Crippen molar-refractivity contribution in [2.75, 3.05) is 16.8 Å². The van der Waals surface area contributed by atoms with Gasteiger partial charge >= 0.3 is 6.18 Å². The van der Waals surface area contributed by atoms with Crippen molar-refractivity contribution in [1.82, 2.24) is 9.55 Å². The van der Waals surface area contributed by atoms with Crippen LogP contribution in [0.15, 0.2) is 109 Å². The van der Waals surface area contributed by atoms with E-state index in [1.54, 1.807) is 31.2 Å². The number of benzene rings is 1. The molecule has 0 fully saturated rings. The molecular formula is C31H29F3N4O. The van der Waals surface area contributed by atoms with Gasteiger partial charge in [0.1, 0.15) is 11.6 Å². The lowest BCUT2D eigenvalue weighted by Crippen LogP contribution is -2.32. The van der Waals surface area contributed by atoms with E-state index in [1.807, 2.05) is 29.2 Å². The van der Waals surface area contributed by atoms with E-state index in [-0.39, 0.29) is 17.3 Å². The van der Waals surface area contributed by atoms with Crippen LogP contribution in [0.3, 0.4) is 0 Å². The molecule has 200 valence electrons. The number of hydrogen-bond acceptors (Lipinski definition) is 4. The molecule has 0 saturated heterocycles. The molecule has 0 atom stereocenters. The lowest BCUT2D eigenvalue weighted by Gasteiger charge is -2.31. The van der Waals surface area contributed by atoms with Crippen LogP contribution >= 0.6 is 0 Å². The van der Waals surface area contributed by atoms with Crippen LogP contribution in [0.4, 0.5) is 24.8 Å². The van der Waals surface area contributed by atoms with E-state index >= 15 is 0 Å². The topological polar surface area (TPSA) is 50.2 Å². The van der Waals surface area contributed by atoms with Gasteiger partial charge in [-0.05, 0) is 54.8 Å². The van der Waals surface area contributed by atoms with Gasteiger partial charge in [-0.25, -0.2) is 4.98 Å². The molecular weight excluding hydrogens is 501 g/mol. The Morgan fingerprint density at radius 3 is 2.44 bits per heavy atom. The largest absolute Gasteiger partial charge is 0.417 e. The second-order valence-corrected chi connectivity index (χ2v) is 8.91. The Balaban J connectivity index is 2.08. The number of alkyl halides is 3. The normalized spacial score (nSPS) is 14.4. The first-order valence-corrected chi connectivity index (χ1v) is 12.4. The fourth-order valence-corrected chi connectivity index (χ4v) is 4.66. The molecule has 2 aromatic heterocycles. The Kier molecular flexibility index (Phi) is 8.04. The standard InChI is InChI=1S/C31H29F3N4O/c1-5-11-23(8-4)35-28-19-26(39)29-25(31(32,33)34)18-27(36-30(29)38(28)24(12-6-2)13-7-3)37-17-16-21-14-9-10-15-22(21)20-37/h5-15,18-19,35H,1-2,4,16-17,20H2,3H3/b13-7-,23-11+,24-12+. The molecule has 8 heteroatoms. The maximum Gasteiger partial charge on any atom is 0.417 e. The second-order valence-electron chi connectivity index (χ2n) is 8.91. The highest BCUT2D eigenvalue weighted by atomic mass is 19.4. The summed E-state index contributed by atoms with van der Waals surface area (Å²) in [7, 11) is 0. The average molecular weight is 531 g/mol. The minimum absolute atomic E-state index is 0.123. The van der Waals surface area contributed by atoms with Gasteiger partial charge in [-0.1, -0.05) is 62.2 Å². The third-order valence-corrected chi connectivity index (χ3v) is 6.39. The molecule has 1 N–H and O–H groups in total. The van der Waals surface area contributed by atoms with Gasteiger partial charge < -0.3 is 10.2 Å².